The van der Waals surface area contributed by atoms with Crippen LogP contribution in [0.15, 0.2) is 18.2 Å². The summed E-state index contributed by atoms with van der Waals surface area (Å²) in [6.07, 6.45) is 2.50. The van der Waals surface area contributed by atoms with Gasteiger partial charge in [0.15, 0.2) is 11.5 Å². The molecule has 1 aliphatic heterocycles. The van der Waals surface area contributed by atoms with Crippen molar-refractivity contribution in [1.29, 1.82) is 0 Å². The quantitative estimate of drug-likeness (QED) is 0.811. The Morgan fingerprint density at radius 3 is 2.71 bits per heavy atom. The van der Waals surface area contributed by atoms with E-state index in [2.05, 4.69) is 17.1 Å². The Labute approximate surface area is 128 Å². The van der Waals surface area contributed by atoms with Crippen molar-refractivity contribution in [3.8, 4) is 11.5 Å². The van der Waals surface area contributed by atoms with Gasteiger partial charge in [-0.1, -0.05) is 19.1 Å². The number of nitrogens with zero attached hydrogens (tertiary/aromatic N) is 1. The number of para-hydroxylation sites is 1. The molecule has 1 aromatic rings. The van der Waals surface area contributed by atoms with Crippen LogP contribution in [0.3, 0.4) is 0 Å². The second kappa shape index (κ2) is 8.25. The fraction of sp³-hybridized carbons (Fsp3) is 0.647. The van der Waals surface area contributed by atoms with E-state index in [1.54, 1.807) is 0 Å². The van der Waals surface area contributed by atoms with Gasteiger partial charge in [-0.15, -0.1) is 0 Å². The van der Waals surface area contributed by atoms with Gasteiger partial charge >= 0.3 is 0 Å². The SMILES string of the molecule is CCOc1cccc(CN(CC)CC2CCNCC2)c1O. The zero-order valence-electron chi connectivity index (χ0n) is 13.3. The van der Waals surface area contributed by atoms with Crippen LogP contribution >= 0.6 is 0 Å². The van der Waals surface area contributed by atoms with Crippen LogP contribution in [-0.4, -0.2) is 42.8 Å². The first-order valence-corrected chi connectivity index (χ1v) is 8.11. The standard InChI is InChI=1S/C17H28N2O2/c1-3-19(12-14-8-10-18-11-9-14)13-15-6-5-7-16(17(15)20)21-4-2/h5-7,14,18,20H,3-4,8-13H2,1-2H3. The van der Waals surface area contributed by atoms with E-state index in [9.17, 15) is 5.11 Å². The highest BCUT2D eigenvalue weighted by molar-refractivity contribution is 5.45. The predicted molar refractivity (Wildman–Crippen MR) is 85.8 cm³/mol. The van der Waals surface area contributed by atoms with E-state index in [-0.39, 0.29) is 0 Å². The van der Waals surface area contributed by atoms with Gasteiger partial charge in [0.2, 0.25) is 0 Å². The largest absolute Gasteiger partial charge is 0.504 e. The molecule has 1 saturated heterocycles. The lowest BCUT2D eigenvalue weighted by molar-refractivity contribution is 0.204. The van der Waals surface area contributed by atoms with Gasteiger partial charge in [0.1, 0.15) is 0 Å². The average Bonchev–Trinajstić information content (AvgIpc) is 2.51. The molecule has 118 valence electrons. The first kappa shape index (κ1) is 16.1. The molecule has 0 unspecified atom stereocenters. The van der Waals surface area contributed by atoms with Crippen molar-refractivity contribution >= 4 is 0 Å². The monoisotopic (exact) mass is 292 g/mol. The first-order valence-electron chi connectivity index (χ1n) is 8.11. The highest BCUT2D eigenvalue weighted by Gasteiger charge is 2.18. The first-order chi connectivity index (χ1) is 10.2. The highest BCUT2D eigenvalue weighted by atomic mass is 16.5. The second-order valence-corrected chi connectivity index (χ2v) is 5.72. The Balaban J connectivity index is 1.98. The molecule has 2 rings (SSSR count). The number of hydrogen-bond acceptors (Lipinski definition) is 4. The normalized spacial score (nSPS) is 16.3. The van der Waals surface area contributed by atoms with Crippen LogP contribution in [0.25, 0.3) is 0 Å². The fourth-order valence-electron chi connectivity index (χ4n) is 2.94. The number of hydrogen-bond donors (Lipinski definition) is 2. The van der Waals surface area contributed by atoms with Gasteiger partial charge in [0, 0.05) is 18.7 Å². The minimum atomic E-state index is 0.295. The van der Waals surface area contributed by atoms with Gasteiger partial charge in [0.25, 0.3) is 0 Å². The summed E-state index contributed by atoms with van der Waals surface area (Å²) in [7, 11) is 0. The van der Waals surface area contributed by atoms with Gasteiger partial charge < -0.3 is 15.2 Å². The molecule has 1 aromatic carbocycles. The molecule has 1 aliphatic rings. The molecule has 2 N–H and O–H groups in total. The average molecular weight is 292 g/mol. The third kappa shape index (κ3) is 4.61. The Kier molecular flexibility index (Phi) is 6.33. The smallest absolute Gasteiger partial charge is 0.162 e. The third-order valence-corrected chi connectivity index (χ3v) is 4.20. The van der Waals surface area contributed by atoms with E-state index >= 15 is 0 Å². The van der Waals surface area contributed by atoms with E-state index in [1.165, 1.54) is 12.8 Å². The zero-order chi connectivity index (χ0) is 15.1. The summed E-state index contributed by atoms with van der Waals surface area (Å²) in [5, 5.41) is 13.7. The lowest BCUT2D eigenvalue weighted by Crippen LogP contribution is -2.35. The lowest BCUT2D eigenvalue weighted by Gasteiger charge is -2.29. The summed E-state index contributed by atoms with van der Waals surface area (Å²) in [4.78, 5) is 2.42. The van der Waals surface area contributed by atoms with Crippen molar-refractivity contribution in [3.05, 3.63) is 23.8 Å². The Hall–Kier alpha value is -1.26. The Bertz CT molecular complexity index is 431. The van der Waals surface area contributed by atoms with Crippen LogP contribution in [0.2, 0.25) is 0 Å². The number of aromatic hydroxyl groups is 1. The molecule has 21 heavy (non-hydrogen) atoms. The number of nitrogens with one attached hydrogen (secondary N) is 1. The minimum Gasteiger partial charge on any atom is -0.504 e. The van der Waals surface area contributed by atoms with Crippen molar-refractivity contribution in [2.75, 3.05) is 32.8 Å². The maximum absolute atomic E-state index is 10.3. The fourth-order valence-corrected chi connectivity index (χ4v) is 2.94. The molecule has 0 aliphatic carbocycles. The molecule has 0 aromatic heterocycles. The van der Waals surface area contributed by atoms with Gasteiger partial charge in [-0.3, -0.25) is 4.90 Å². The molecular formula is C17H28N2O2. The van der Waals surface area contributed by atoms with Gasteiger partial charge in [-0.25, -0.2) is 0 Å². The van der Waals surface area contributed by atoms with Crippen molar-refractivity contribution in [1.82, 2.24) is 10.2 Å². The number of phenols is 1. The highest BCUT2D eigenvalue weighted by Crippen LogP contribution is 2.31. The maximum Gasteiger partial charge on any atom is 0.162 e. The Morgan fingerprint density at radius 2 is 2.05 bits per heavy atom. The predicted octanol–water partition coefficient (Wildman–Crippen LogP) is 2.61. The van der Waals surface area contributed by atoms with Crippen LogP contribution in [0.5, 0.6) is 11.5 Å². The lowest BCUT2D eigenvalue weighted by atomic mass is 9.97. The molecule has 1 fully saturated rings. The molecule has 4 heteroatoms. The van der Waals surface area contributed by atoms with Crippen molar-refractivity contribution in [2.45, 2.75) is 33.2 Å². The van der Waals surface area contributed by atoms with E-state index < -0.39 is 0 Å². The number of benzene rings is 1. The molecule has 0 spiro atoms. The van der Waals surface area contributed by atoms with E-state index in [1.807, 2.05) is 25.1 Å². The molecular weight excluding hydrogens is 264 g/mol. The van der Waals surface area contributed by atoms with Gasteiger partial charge in [0.05, 0.1) is 6.61 Å². The van der Waals surface area contributed by atoms with E-state index in [0.717, 1.165) is 44.2 Å². The topological polar surface area (TPSA) is 44.7 Å². The molecule has 4 nitrogen and oxygen atoms in total. The minimum absolute atomic E-state index is 0.295. The number of phenolic OH excluding ortho intramolecular Hbond substituents is 1. The summed E-state index contributed by atoms with van der Waals surface area (Å²) in [6, 6.07) is 5.77. The van der Waals surface area contributed by atoms with Crippen molar-refractivity contribution < 1.29 is 9.84 Å². The Morgan fingerprint density at radius 1 is 1.29 bits per heavy atom. The summed E-state index contributed by atoms with van der Waals surface area (Å²) >= 11 is 0. The zero-order valence-corrected chi connectivity index (χ0v) is 13.3. The molecule has 0 atom stereocenters. The van der Waals surface area contributed by atoms with E-state index in [0.29, 0.717) is 18.1 Å². The van der Waals surface area contributed by atoms with Gasteiger partial charge in [-0.2, -0.15) is 0 Å². The third-order valence-electron chi connectivity index (χ3n) is 4.20. The number of piperidine rings is 1. The number of ether oxygens (including phenoxy) is 1. The summed E-state index contributed by atoms with van der Waals surface area (Å²) < 4.78 is 5.47. The molecule has 0 bridgehead atoms. The molecule has 0 saturated carbocycles. The van der Waals surface area contributed by atoms with Crippen LogP contribution in [0.4, 0.5) is 0 Å². The summed E-state index contributed by atoms with van der Waals surface area (Å²) in [5.74, 6) is 1.65. The van der Waals surface area contributed by atoms with Crippen molar-refractivity contribution in [3.63, 3.8) is 0 Å². The molecule has 0 radical (unpaired) electrons. The van der Waals surface area contributed by atoms with Crippen LogP contribution in [0.1, 0.15) is 32.3 Å². The van der Waals surface area contributed by atoms with Crippen LogP contribution in [-0.2, 0) is 6.54 Å². The molecule has 1 heterocycles. The van der Waals surface area contributed by atoms with E-state index in [4.69, 9.17) is 4.74 Å². The van der Waals surface area contributed by atoms with Crippen molar-refractivity contribution in [2.24, 2.45) is 5.92 Å². The summed E-state index contributed by atoms with van der Waals surface area (Å²) in [6.45, 7) is 9.85. The number of rotatable bonds is 7. The van der Waals surface area contributed by atoms with Gasteiger partial charge in [-0.05, 0) is 51.4 Å². The summed E-state index contributed by atoms with van der Waals surface area (Å²) in [5.41, 5.74) is 0.955. The maximum atomic E-state index is 10.3. The molecule has 0 amide bonds. The second-order valence-electron chi connectivity index (χ2n) is 5.72. The van der Waals surface area contributed by atoms with Crippen LogP contribution in [0, 0.1) is 5.92 Å². The van der Waals surface area contributed by atoms with Crippen LogP contribution < -0.4 is 10.1 Å².